The molecule has 0 aliphatic heterocycles. The van der Waals surface area contributed by atoms with Gasteiger partial charge in [0.05, 0.1) is 16.5 Å². The molecule has 7 nitrogen and oxygen atoms in total. The number of carbonyl (C=O) groups is 1. The number of anilines is 1. The van der Waals surface area contributed by atoms with E-state index in [0.29, 0.717) is 5.13 Å². The predicted octanol–water partition coefficient (Wildman–Crippen LogP) is 5.10. The van der Waals surface area contributed by atoms with Gasteiger partial charge in [-0.05, 0) is 50.7 Å². The number of para-hydroxylation sites is 1. The highest BCUT2D eigenvalue weighted by Gasteiger charge is 2.35. The fourth-order valence-electron chi connectivity index (χ4n) is 4.82. The van der Waals surface area contributed by atoms with E-state index in [1.165, 1.54) is 42.4 Å². The number of benzene rings is 1. The van der Waals surface area contributed by atoms with Crippen LogP contribution in [0.3, 0.4) is 0 Å². The molecule has 2 aliphatic rings. The number of carbonyl (C=O) groups excluding carboxylic acids is 1. The van der Waals surface area contributed by atoms with Gasteiger partial charge in [-0.15, -0.1) is 11.8 Å². The molecule has 1 aromatic heterocycles. The molecule has 0 unspecified atom stereocenters. The third-order valence-electron chi connectivity index (χ3n) is 6.36. The second-order valence-corrected chi connectivity index (χ2v) is 11.1. The highest BCUT2D eigenvalue weighted by atomic mass is 32.2. The average Bonchev–Trinajstić information content (AvgIpc) is 3.27. The SMILES string of the molecule is O=C(Nc1ncc(SCC(O)O)s1)N(C1CCCCC1)C1CCC(Oc2ccccc2)CC1. The van der Waals surface area contributed by atoms with Crippen LogP contribution in [0.15, 0.2) is 40.7 Å². The smallest absolute Gasteiger partial charge is 0.324 e. The predicted molar refractivity (Wildman–Crippen MR) is 132 cm³/mol. The van der Waals surface area contributed by atoms with Crippen LogP contribution < -0.4 is 10.1 Å². The second-order valence-electron chi connectivity index (χ2n) is 8.77. The van der Waals surface area contributed by atoms with Gasteiger partial charge in [-0.25, -0.2) is 9.78 Å². The van der Waals surface area contributed by atoms with Crippen molar-refractivity contribution in [2.24, 2.45) is 0 Å². The lowest BCUT2D eigenvalue weighted by atomic mass is 9.88. The Morgan fingerprint density at radius 3 is 2.48 bits per heavy atom. The first-order valence-electron chi connectivity index (χ1n) is 11.8. The van der Waals surface area contributed by atoms with Crippen molar-refractivity contribution >= 4 is 34.3 Å². The van der Waals surface area contributed by atoms with Crippen molar-refractivity contribution < 1.29 is 19.7 Å². The average molecular weight is 492 g/mol. The number of thiazole rings is 1. The monoisotopic (exact) mass is 491 g/mol. The molecule has 9 heteroatoms. The third-order valence-corrected chi connectivity index (χ3v) is 8.52. The molecule has 2 amide bonds. The van der Waals surface area contributed by atoms with E-state index in [0.717, 1.165) is 48.5 Å². The highest BCUT2D eigenvalue weighted by molar-refractivity contribution is 8.01. The lowest BCUT2D eigenvalue weighted by Crippen LogP contribution is -2.51. The number of aliphatic hydroxyl groups is 2. The zero-order valence-electron chi connectivity index (χ0n) is 18.8. The van der Waals surface area contributed by atoms with Crippen molar-refractivity contribution in [3.05, 3.63) is 36.5 Å². The second kappa shape index (κ2) is 12.1. The van der Waals surface area contributed by atoms with Crippen LogP contribution in [0.1, 0.15) is 57.8 Å². The molecule has 2 aliphatic carbocycles. The summed E-state index contributed by atoms with van der Waals surface area (Å²) in [7, 11) is 0. The summed E-state index contributed by atoms with van der Waals surface area (Å²) in [6.45, 7) is 0. The summed E-state index contributed by atoms with van der Waals surface area (Å²) < 4.78 is 7.01. The number of rotatable bonds is 8. The molecule has 2 fully saturated rings. The first-order valence-corrected chi connectivity index (χ1v) is 13.6. The molecule has 0 radical (unpaired) electrons. The summed E-state index contributed by atoms with van der Waals surface area (Å²) in [4.78, 5) is 19.8. The summed E-state index contributed by atoms with van der Waals surface area (Å²) in [6.07, 6.45) is 9.96. The van der Waals surface area contributed by atoms with Crippen LogP contribution >= 0.6 is 23.1 Å². The van der Waals surface area contributed by atoms with Crippen molar-refractivity contribution in [1.82, 2.24) is 9.88 Å². The number of aromatic nitrogens is 1. The van der Waals surface area contributed by atoms with Gasteiger partial charge in [-0.3, -0.25) is 5.32 Å². The van der Waals surface area contributed by atoms with Gasteiger partial charge in [-0.2, -0.15) is 0 Å². The lowest BCUT2D eigenvalue weighted by molar-refractivity contribution is -0.0186. The molecule has 0 bridgehead atoms. The Bertz CT molecular complexity index is 866. The molecule has 1 heterocycles. The number of hydrogen-bond donors (Lipinski definition) is 3. The Balaban J connectivity index is 1.37. The minimum absolute atomic E-state index is 0.0672. The molecule has 180 valence electrons. The maximum atomic E-state index is 13.4. The molecule has 0 saturated heterocycles. The van der Waals surface area contributed by atoms with E-state index in [1.807, 2.05) is 30.3 Å². The summed E-state index contributed by atoms with van der Waals surface area (Å²) in [6, 6.07) is 10.4. The molecule has 33 heavy (non-hydrogen) atoms. The largest absolute Gasteiger partial charge is 0.490 e. The highest BCUT2D eigenvalue weighted by Crippen LogP contribution is 2.33. The molecule has 4 rings (SSSR count). The Morgan fingerprint density at radius 1 is 1.09 bits per heavy atom. The van der Waals surface area contributed by atoms with Crippen molar-refractivity contribution in [2.45, 2.75) is 86.5 Å². The van der Waals surface area contributed by atoms with E-state index in [9.17, 15) is 4.79 Å². The first-order chi connectivity index (χ1) is 16.1. The zero-order chi connectivity index (χ0) is 23.0. The standard InChI is InChI=1S/C24H33N3O4S2/c28-21(29)16-32-22-15-25-23(33-22)26-24(30)27(17-7-3-1-4-8-17)18-11-13-20(14-12-18)31-19-9-5-2-6-10-19/h2,5-6,9-10,15,17-18,20-21,28-29H,1,3-4,7-8,11-14,16H2,(H,25,26,30). The van der Waals surface area contributed by atoms with Crippen molar-refractivity contribution in [3.63, 3.8) is 0 Å². The minimum Gasteiger partial charge on any atom is -0.490 e. The van der Waals surface area contributed by atoms with Gasteiger partial charge in [0.15, 0.2) is 11.4 Å². The summed E-state index contributed by atoms with van der Waals surface area (Å²) in [5.74, 6) is 1.09. The van der Waals surface area contributed by atoms with E-state index in [-0.39, 0.29) is 30.0 Å². The Labute approximate surface area is 203 Å². The van der Waals surface area contributed by atoms with E-state index in [1.54, 1.807) is 6.20 Å². The van der Waals surface area contributed by atoms with Gasteiger partial charge >= 0.3 is 6.03 Å². The number of hydrogen-bond acceptors (Lipinski definition) is 7. The van der Waals surface area contributed by atoms with Gasteiger partial charge in [0.1, 0.15) is 5.75 Å². The summed E-state index contributed by atoms with van der Waals surface area (Å²) in [5.41, 5.74) is 0. The van der Waals surface area contributed by atoms with Crippen LogP contribution in [0.2, 0.25) is 0 Å². The fourth-order valence-corrected chi connectivity index (χ4v) is 6.48. The molecular formula is C24H33N3O4S2. The normalized spacial score (nSPS) is 21.7. The number of amides is 2. The van der Waals surface area contributed by atoms with E-state index < -0.39 is 6.29 Å². The lowest BCUT2D eigenvalue weighted by Gasteiger charge is -2.42. The maximum Gasteiger partial charge on any atom is 0.324 e. The molecule has 1 aromatic carbocycles. The van der Waals surface area contributed by atoms with Crippen LogP contribution in [-0.4, -0.2) is 56.4 Å². The summed E-state index contributed by atoms with van der Waals surface area (Å²) in [5, 5.41) is 21.7. The molecule has 2 aromatic rings. The van der Waals surface area contributed by atoms with Gasteiger partial charge < -0.3 is 19.8 Å². The van der Waals surface area contributed by atoms with Crippen molar-refractivity contribution in [1.29, 1.82) is 0 Å². The number of thioether (sulfide) groups is 1. The first kappa shape index (κ1) is 24.3. The van der Waals surface area contributed by atoms with Crippen LogP contribution in [0.4, 0.5) is 9.93 Å². The topological polar surface area (TPSA) is 94.9 Å². The van der Waals surface area contributed by atoms with Crippen LogP contribution in [-0.2, 0) is 0 Å². The van der Waals surface area contributed by atoms with E-state index >= 15 is 0 Å². The third kappa shape index (κ3) is 7.09. The number of nitrogens with one attached hydrogen (secondary N) is 1. The van der Waals surface area contributed by atoms with E-state index in [2.05, 4.69) is 15.2 Å². The van der Waals surface area contributed by atoms with Crippen molar-refractivity contribution in [2.75, 3.05) is 11.1 Å². The van der Waals surface area contributed by atoms with Crippen molar-refractivity contribution in [3.8, 4) is 5.75 Å². The number of urea groups is 1. The van der Waals surface area contributed by atoms with Gasteiger partial charge in [0, 0.05) is 17.8 Å². The minimum atomic E-state index is -1.36. The number of aliphatic hydroxyl groups excluding tert-OH is 1. The molecule has 3 N–H and O–H groups in total. The van der Waals surface area contributed by atoms with Crippen LogP contribution in [0.5, 0.6) is 5.75 Å². The number of nitrogens with zero attached hydrogens (tertiary/aromatic N) is 2. The Morgan fingerprint density at radius 2 is 1.79 bits per heavy atom. The number of ether oxygens (including phenoxy) is 1. The zero-order valence-corrected chi connectivity index (χ0v) is 20.4. The maximum absolute atomic E-state index is 13.4. The Hall–Kier alpha value is -1.81. The van der Waals surface area contributed by atoms with Crippen LogP contribution in [0.25, 0.3) is 0 Å². The summed E-state index contributed by atoms with van der Waals surface area (Å²) >= 11 is 2.69. The van der Waals surface area contributed by atoms with E-state index in [4.69, 9.17) is 14.9 Å². The molecule has 2 saturated carbocycles. The molecule has 0 spiro atoms. The van der Waals surface area contributed by atoms with Gasteiger partial charge in [0.25, 0.3) is 0 Å². The molecule has 0 atom stereocenters. The quantitative estimate of drug-likeness (QED) is 0.351. The fraction of sp³-hybridized carbons (Fsp3) is 0.583. The molecular weight excluding hydrogens is 458 g/mol. The Kier molecular flexibility index (Phi) is 8.89. The van der Waals surface area contributed by atoms with Gasteiger partial charge in [-0.1, -0.05) is 48.8 Å². The van der Waals surface area contributed by atoms with Gasteiger partial charge in [0.2, 0.25) is 0 Å². The van der Waals surface area contributed by atoms with Crippen LogP contribution in [0, 0.1) is 0 Å².